The van der Waals surface area contributed by atoms with Crippen molar-refractivity contribution in [3.8, 4) is 0 Å². The van der Waals surface area contributed by atoms with Crippen LogP contribution in [0.25, 0.3) is 0 Å². The van der Waals surface area contributed by atoms with Crippen LogP contribution in [-0.4, -0.2) is 31.1 Å². The maximum absolute atomic E-state index is 11.3. The van der Waals surface area contributed by atoms with Crippen molar-refractivity contribution in [3.63, 3.8) is 0 Å². The van der Waals surface area contributed by atoms with Crippen LogP contribution in [0.1, 0.15) is 44.9 Å². The van der Waals surface area contributed by atoms with E-state index in [1.807, 2.05) is 0 Å². The van der Waals surface area contributed by atoms with Gasteiger partial charge in [-0.3, -0.25) is 0 Å². The highest BCUT2D eigenvalue weighted by Crippen LogP contribution is 2.31. The Morgan fingerprint density at radius 3 is 2.38 bits per heavy atom. The topological polar surface area (TPSA) is 54.4 Å². The van der Waals surface area contributed by atoms with Crippen LogP contribution in [0, 0.1) is 11.8 Å². The zero-order valence-electron chi connectivity index (χ0n) is 9.77. The van der Waals surface area contributed by atoms with E-state index < -0.39 is 9.84 Å². The fourth-order valence-electron chi connectivity index (χ4n) is 3.11. The van der Waals surface area contributed by atoms with Gasteiger partial charge in [0.2, 0.25) is 0 Å². The van der Waals surface area contributed by atoms with Crippen LogP contribution >= 0.6 is 0 Å². The molecule has 3 nitrogen and oxygen atoms in total. The SMILES string of the molecule is O=S1(=O)CCC(CC(O)C2CCCCC2)C1. The van der Waals surface area contributed by atoms with E-state index in [-0.39, 0.29) is 12.0 Å². The molecular weight excluding hydrogens is 224 g/mol. The van der Waals surface area contributed by atoms with Gasteiger partial charge in [-0.25, -0.2) is 8.42 Å². The quantitative estimate of drug-likeness (QED) is 0.825. The molecule has 2 unspecified atom stereocenters. The second-order valence-corrected chi connectivity index (χ2v) is 7.70. The van der Waals surface area contributed by atoms with Crippen LogP contribution in [0.5, 0.6) is 0 Å². The Labute approximate surface area is 98.2 Å². The Kier molecular flexibility index (Phi) is 3.90. The van der Waals surface area contributed by atoms with Gasteiger partial charge in [-0.2, -0.15) is 0 Å². The molecule has 1 N–H and O–H groups in total. The normalized spacial score (nSPS) is 32.7. The van der Waals surface area contributed by atoms with Crippen molar-refractivity contribution in [1.82, 2.24) is 0 Å². The molecule has 1 saturated carbocycles. The van der Waals surface area contributed by atoms with Crippen LogP contribution in [0.2, 0.25) is 0 Å². The summed E-state index contributed by atoms with van der Waals surface area (Å²) >= 11 is 0. The summed E-state index contributed by atoms with van der Waals surface area (Å²) in [7, 11) is -2.78. The van der Waals surface area contributed by atoms with Gasteiger partial charge in [0.15, 0.2) is 9.84 Å². The molecule has 94 valence electrons. The van der Waals surface area contributed by atoms with E-state index in [2.05, 4.69) is 0 Å². The summed E-state index contributed by atoms with van der Waals surface area (Å²) in [6.07, 6.45) is 7.19. The maximum atomic E-state index is 11.3. The number of sulfone groups is 1. The summed E-state index contributed by atoms with van der Waals surface area (Å²) < 4.78 is 22.6. The van der Waals surface area contributed by atoms with E-state index in [0.29, 0.717) is 23.8 Å². The van der Waals surface area contributed by atoms with Crippen LogP contribution in [0.3, 0.4) is 0 Å². The van der Waals surface area contributed by atoms with Crippen molar-refractivity contribution >= 4 is 9.84 Å². The number of rotatable bonds is 3. The first-order chi connectivity index (χ1) is 7.57. The highest BCUT2D eigenvalue weighted by atomic mass is 32.2. The van der Waals surface area contributed by atoms with Crippen LogP contribution in [0.4, 0.5) is 0 Å². The minimum absolute atomic E-state index is 0.210. The van der Waals surface area contributed by atoms with Gasteiger partial charge in [0, 0.05) is 0 Å². The summed E-state index contributed by atoms with van der Waals surface area (Å²) in [4.78, 5) is 0. The molecule has 2 atom stereocenters. The molecule has 0 aromatic carbocycles. The molecule has 0 amide bonds. The summed E-state index contributed by atoms with van der Waals surface area (Å²) in [6.45, 7) is 0. The number of hydrogen-bond donors (Lipinski definition) is 1. The highest BCUT2D eigenvalue weighted by molar-refractivity contribution is 7.91. The smallest absolute Gasteiger partial charge is 0.150 e. The van der Waals surface area contributed by atoms with Crippen molar-refractivity contribution < 1.29 is 13.5 Å². The largest absolute Gasteiger partial charge is 0.393 e. The molecule has 2 rings (SSSR count). The molecule has 2 aliphatic rings. The van der Waals surface area contributed by atoms with Crippen LogP contribution in [0.15, 0.2) is 0 Å². The first-order valence-corrected chi connectivity index (χ1v) is 8.27. The van der Waals surface area contributed by atoms with Gasteiger partial charge < -0.3 is 5.11 Å². The summed E-state index contributed by atoms with van der Waals surface area (Å²) in [5.74, 6) is 1.27. The van der Waals surface area contributed by atoms with Crippen molar-refractivity contribution in [2.75, 3.05) is 11.5 Å². The third kappa shape index (κ3) is 3.20. The molecule has 16 heavy (non-hydrogen) atoms. The van der Waals surface area contributed by atoms with E-state index >= 15 is 0 Å². The van der Waals surface area contributed by atoms with Gasteiger partial charge in [-0.05, 0) is 37.5 Å². The molecule has 4 heteroatoms. The van der Waals surface area contributed by atoms with Gasteiger partial charge in [-0.1, -0.05) is 19.3 Å². The van der Waals surface area contributed by atoms with Crippen LogP contribution in [-0.2, 0) is 9.84 Å². The van der Waals surface area contributed by atoms with E-state index in [9.17, 15) is 13.5 Å². The zero-order valence-corrected chi connectivity index (χ0v) is 10.6. The average molecular weight is 246 g/mol. The second-order valence-electron chi connectivity index (χ2n) is 5.47. The monoisotopic (exact) mass is 246 g/mol. The van der Waals surface area contributed by atoms with Gasteiger partial charge >= 0.3 is 0 Å². The molecule has 0 spiro atoms. The Bertz CT molecular complexity index is 317. The molecular formula is C12H22O3S. The first-order valence-electron chi connectivity index (χ1n) is 6.45. The van der Waals surface area contributed by atoms with Gasteiger partial charge in [0.1, 0.15) is 0 Å². The van der Waals surface area contributed by atoms with Gasteiger partial charge in [0.05, 0.1) is 17.6 Å². The first kappa shape index (κ1) is 12.4. The summed E-state index contributed by atoms with van der Waals surface area (Å²) in [6, 6.07) is 0. The number of aliphatic hydroxyl groups excluding tert-OH is 1. The number of hydrogen-bond acceptors (Lipinski definition) is 3. The maximum Gasteiger partial charge on any atom is 0.150 e. The fourth-order valence-corrected chi connectivity index (χ4v) is 4.99. The Morgan fingerprint density at radius 2 is 1.81 bits per heavy atom. The molecule has 2 fully saturated rings. The highest BCUT2D eigenvalue weighted by Gasteiger charge is 2.31. The van der Waals surface area contributed by atoms with E-state index in [1.165, 1.54) is 19.3 Å². The lowest BCUT2D eigenvalue weighted by Crippen LogP contribution is -2.25. The molecule has 0 aromatic rings. The lowest BCUT2D eigenvalue weighted by atomic mass is 9.82. The number of aliphatic hydroxyl groups is 1. The third-order valence-corrected chi connectivity index (χ3v) is 5.93. The van der Waals surface area contributed by atoms with E-state index in [0.717, 1.165) is 19.3 Å². The predicted molar refractivity (Wildman–Crippen MR) is 64.0 cm³/mol. The van der Waals surface area contributed by atoms with Gasteiger partial charge in [-0.15, -0.1) is 0 Å². The molecule has 1 aliphatic heterocycles. The third-order valence-electron chi connectivity index (χ3n) is 4.10. The Balaban J connectivity index is 1.80. The second kappa shape index (κ2) is 5.05. The molecule has 1 aliphatic carbocycles. The lowest BCUT2D eigenvalue weighted by Gasteiger charge is -2.27. The minimum Gasteiger partial charge on any atom is -0.393 e. The Morgan fingerprint density at radius 1 is 1.12 bits per heavy atom. The fraction of sp³-hybridized carbons (Fsp3) is 1.00. The lowest BCUT2D eigenvalue weighted by molar-refractivity contribution is 0.0652. The summed E-state index contributed by atoms with van der Waals surface area (Å²) in [5.41, 5.74) is 0. The standard InChI is InChI=1S/C12H22O3S/c13-12(11-4-2-1-3-5-11)8-10-6-7-16(14,15)9-10/h10-13H,1-9H2. The Hall–Kier alpha value is -0.0900. The minimum atomic E-state index is -2.78. The van der Waals surface area contributed by atoms with Crippen molar-refractivity contribution in [2.45, 2.75) is 51.0 Å². The van der Waals surface area contributed by atoms with Crippen molar-refractivity contribution in [2.24, 2.45) is 11.8 Å². The summed E-state index contributed by atoms with van der Waals surface area (Å²) in [5, 5.41) is 10.1. The van der Waals surface area contributed by atoms with Gasteiger partial charge in [0.25, 0.3) is 0 Å². The van der Waals surface area contributed by atoms with E-state index in [1.54, 1.807) is 0 Å². The molecule has 0 radical (unpaired) electrons. The van der Waals surface area contributed by atoms with E-state index in [4.69, 9.17) is 0 Å². The average Bonchev–Trinajstić information content (AvgIpc) is 2.59. The van der Waals surface area contributed by atoms with Crippen LogP contribution < -0.4 is 0 Å². The van der Waals surface area contributed by atoms with Crippen molar-refractivity contribution in [3.05, 3.63) is 0 Å². The zero-order chi connectivity index (χ0) is 11.6. The molecule has 0 bridgehead atoms. The molecule has 0 aromatic heterocycles. The van der Waals surface area contributed by atoms with Crippen molar-refractivity contribution in [1.29, 1.82) is 0 Å². The predicted octanol–water partition coefficient (Wildman–Crippen LogP) is 1.75. The molecule has 1 heterocycles. The molecule has 1 saturated heterocycles.